The van der Waals surface area contributed by atoms with Gasteiger partial charge < -0.3 is 19.4 Å². The highest BCUT2D eigenvalue weighted by Crippen LogP contribution is 2.28. The summed E-state index contributed by atoms with van der Waals surface area (Å²) >= 11 is 1.37. The molecule has 34 heavy (non-hydrogen) atoms. The van der Waals surface area contributed by atoms with Crippen LogP contribution in [0.4, 0.5) is 5.95 Å². The fraction of sp³-hybridized carbons (Fsp3) is 0.320. The maximum atomic E-state index is 12.8. The summed E-state index contributed by atoms with van der Waals surface area (Å²) in [5, 5.41) is 13.6. The van der Waals surface area contributed by atoms with Crippen LogP contribution in [0.15, 0.2) is 64.2 Å². The molecule has 0 radical (unpaired) electrons. The summed E-state index contributed by atoms with van der Waals surface area (Å²) < 4.78 is 13.4. The number of morpholine rings is 1. The summed E-state index contributed by atoms with van der Waals surface area (Å²) in [6.07, 6.45) is 0. The van der Waals surface area contributed by atoms with Gasteiger partial charge in [0.15, 0.2) is 5.16 Å². The summed E-state index contributed by atoms with van der Waals surface area (Å²) in [5.41, 5.74) is 2.96. The number of furan rings is 1. The Morgan fingerprint density at radius 2 is 1.88 bits per heavy atom. The highest BCUT2D eigenvalue weighted by Gasteiger charge is 2.23. The topological polar surface area (TPSA) is 85.4 Å². The largest absolute Gasteiger partial charge is 0.459 e. The van der Waals surface area contributed by atoms with Crippen LogP contribution in [0.2, 0.25) is 0 Å². The number of thioether (sulfide) groups is 1. The number of benzene rings is 2. The first-order chi connectivity index (χ1) is 16.6. The number of aromatic nitrogens is 3. The molecule has 4 aromatic rings. The van der Waals surface area contributed by atoms with Gasteiger partial charge in [-0.05, 0) is 38.1 Å². The molecule has 1 fully saturated rings. The average Bonchev–Trinajstić information content (AvgIpc) is 3.48. The second kappa shape index (κ2) is 9.90. The maximum absolute atomic E-state index is 12.8. The van der Waals surface area contributed by atoms with E-state index in [4.69, 9.17) is 9.15 Å². The fourth-order valence-corrected chi connectivity index (χ4v) is 4.70. The molecule has 1 atom stereocenters. The van der Waals surface area contributed by atoms with Crippen molar-refractivity contribution in [2.75, 3.05) is 37.0 Å². The van der Waals surface area contributed by atoms with Crippen LogP contribution in [-0.2, 0) is 9.53 Å². The van der Waals surface area contributed by atoms with E-state index in [2.05, 4.69) is 51.6 Å². The molecule has 0 bridgehead atoms. The van der Waals surface area contributed by atoms with Crippen LogP contribution in [0, 0.1) is 6.92 Å². The zero-order valence-electron chi connectivity index (χ0n) is 19.2. The van der Waals surface area contributed by atoms with Crippen molar-refractivity contribution < 1.29 is 13.9 Å². The van der Waals surface area contributed by atoms with Crippen molar-refractivity contribution in [3.63, 3.8) is 0 Å². The number of amides is 1. The molecule has 1 aliphatic heterocycles. The van der Waals surface area contributed by atoms with E-state index in [0.29, 0.717) is 18.4 Å². The number of hydrogen-bond acceptors (Lipinski definition) is 7. The first-order valence-electron chi connectivity index (χ1n) is 11.3. The minimum absolute atomic E-state index is 0.0932. The quantitative estimate of drug-likeness (QED) is 0.401. The lowest BCUT2D eigenvalue weighted by molar-refractivity contribution is -0.119. The predicted octanol–water partition coefficient (Wildman–Crippen LogP) is 4.13. The molecule has 0 unspecified atom stereocenters. The lowest BCUT2D eigenvalue weighted by Crippen LogP contribution is -2.37. The standard InChI is InChI=1S/C25H27N5O3S/c1-17-7-9-20(10-8-17)30-24(29-11-13-32-14-12-29)27-28-25(30)34-16-23(31)26-18(2)22-15-19-5-3-4-6-21(19)33-22/h3-10,15,18H,11-14,16H2,1-2H3,(H,26,31)/t18-/m1/s1. The van der Waals surface area contributed by atoms with E-state index in [1.165, 1.54) is 17.3 Å². The summed E-state index contributed by atoms with van der Waals surface area (Å²) in [6.45, 7) is 6.80. The van der Waals surface area contributed by atoms with Crippen LogP contribution >= 0.6 is 11.8 Å². The van der Waals surface area contributed by atoms with Gasteiger partial charge in [0.1, 0.15) is 11.3 Å². The number of rotatable bonds is 7. The normalized spacial score (nSPS) is 14.9. The van der Waals surface area contributed by atoms with Gasteiger partial charge in [0.2, 0.25) is 11.9 Å². The molecule has 9 heteroatoms. The van der Waals surface area contributed by atoms with Crippen molar-refractivity contribution in [2.45, 2.75) is 25.0 Å². The van der Waals surface area contributed by atoms with Gasteiger partial charge in [-0.3, -0.25) is 9.36 Å². The van der Waals surface area contributed by atoms with E-state index in [1.807, 2.05) is 41.8 Å². The lowest BCUT2D eigenvalue weighted by Gasteiger charge is -2.28. The van der Waals surface area contributed by atoms with Crippen LogP contribution in [0.1, 0.15) is 24.3 Å². The third-order valence-electron chi connectivity index (χ3n) is 5.78. The van der Waals surface area contributed by atoms with E-state index in [0.717, 1.165) is 41.5 Å². The van der Waals surface area contributed by atoms with E-state index >= 15 is 0 Å². The Balaban J connectivity index is 1.30. The molecule has 2 aromatic carbocycles. The van der Waals surface area contributed by atoms with E-state index in [1.54, 1.807) is 0 Å². The number of carbonyl (C=O) groups excluding carboxylic acids is 1. The van der Waals surface area contributed by atoms with Crippen molar-refractivity contribution in [3.8, 4) is 5.69 Å². The molecule has 3 heterocycles. The zero-order chi connectivity index (χ0) is 23.5. The highest BCUT2D eigenvalue weighted by atomic mass is 32.2. The summed E-state index contributed by atoms with van der Waals surface area (Å²) in [6, 6.07) is 17.8. The van der Waals surface area contributed by atoms with Crippen LogP contribution in [0.3, 0.4) is 0 Å². The molecule has 8 nitrogen and oxygen atoms in total. The van der Waals surface area contributed by atoms with E-state index in [9.17, 15) is 4.79 Å². The minimum atomic E-state index is -0.237. The molecule has 1 amide bonds. The fourth-order valence-electron chi connectivity index (χ4n) is 3.94. The minimum Gasteiger partial charge on any atom is -0.459 e. The molecule has 5 rings (SSSR count). The second-order valence-corrected chi connectivity index (χ2v) is 9.26. The average molecular weight is 478 g/mol. The summed E-state index contributed by atoms with van der Waals surface area (Å²) in [5.74, 6) is 1.63. The molecule has 0 spiro atoms. The van der Waals surface area contributed by atoms with E-state index < -0.39 is 0 Å². The zero-order valence-corrected chi connectivity index (χ0v) is 20.0. The number of carbonyl (C=O) groups is 1. The number of aryl methyl sites for hydroxylation is 1. The van der Waals surface area contributed by atoms with Crippen LogP contribution in [0.5, 0.6) is 0 Å². The SMILES string of the molecule is Cc1ccc(-n2c(SCC(=O)N[C@H](C)c3cc4ccccc4o3)nnc2N2CCOCC2)cc1. The van der Waals surface area contributed by atoms with Gasteiger partial charge in [-0.15, -0.1) is 10.2 Å². The van der Waals surface area contributed by atoms with Crippen molar-refractivity contribution in [1.29, 1.82) is 0 Å². The third-order valence-corrected chi connectivity index (χ3v) is 6.71. The van der Waals surface area contributed by atoms with Crippen LogP contribution < -0.4 is 10.2 Å². The number of para-hydroxylation sites is 1. The van der Waals surface area contributed by atoms with Gasteiger partial charge in [0.25, 0.3) is 0 Å². The van der Waals surface area contributed by atoms with Crippen molar-refractivity contribution >= 4 is 34.6 Å². The Kier molecular flexibility index (Phi) is 6.55. The molecular weight excluding hydrogens is 450 g/mol. The van der Waals surface area contributed by atoms with Crippen LogP contribution in [0.25, 0.3) is 16.7 Å². The maximum Gasteiger partial charge on any atom is 0.232 e. The van der Waals surface area contributed by atoms with Crippen molar-refractivity contribution in [1.82, 2.24) is 20.1 Å². The first-order valence-corrected chi connectivity index (χ1v) is 12.3. The summed E-state index contributed by atoms with van der Waals surface area (Å²) in [4.78, 5) is 14.9. The lowest BCUT2D eigenvalue weighted by atomic mass is 10.2. The Hall–Kier alpha value is -3.30. The number of nitrogens with one attached hydrogen (secondary N) is 1. The number of ether oxygens (including phenoxy) is 1. The van der Waals surface area contributed by atoms with Gasteiger partial charge in [0.05, 0.1) is 30.7 Å². The molecule has 1 saturated heterocycles. The highest BCUT2D eigenvalue weighted by molar-refractivity contribution is 7.99. The van der Waals surface area contributed by atoms with Crippen LogP contribution in [-0.4, -0.2) is 52.7 Å². The number of anilines is 1. The predicted molar refractivity (Wildman–Crippen MR) is 133 cm³/mol. The van der Waals surface area contributed by atoms with Crippen molar-refractivity contribution in [2.24, 2.45) is 0 Å². The van der Waals surface area contributed by atoms with Gasteiger partial charge in [0, 0.05) is 18.5 Å². The van der Waals surface area contributed by atoms with Gasteiger partial charge in [-0.1, -0.05) is 47.7 Å². The smallest absolute Gasteiger partial charge is 0.232 e. The number of nitrogens with zero attached hydrogens (tertiary/aromatic N) is 4. The first kappa shape index (κ1) is 22.5. The third kappa shape index (κ3) is 4.80. The summed E-state index contributed by atoms with van der Waals surface area (Å²) in [7, 11) is 0. The molecule has 1 aliphatic rings. The van der Waals surface area contributed by atoms with E-state index in [-0.39, 0.29) is 17.7 Å². The molecule has 176 valence electrons. The van der Waals surface area contributed by atoms with Gasteiger partial charge in [-0.2, -0.15) is 0 Å². The van der Waals surface area contributed by atoms with Crippen molar-refractivity contribution in [3.05, 3.63) is 65.9 Å². The monoisotopic (exact) mass is 477 g/mol. The molecule has 1 N–H and O–H groups in total. The Bertz CT molecular complexity index is 1240. The Labute approximate surface area is 202 Å². The number of hydrogen-bond donors (Lipinski definition) is 1. The second-order valence-electron chi connectivity index (χ2n) is 8.32. The molecule has 0 aliphatic carbocycles. The Morgan fingerprint density at radius 3 is 2.65 bits per heavy atom. The van der Waals surface area contributed by atoms with Gasteiger partial charge in [-0.25, -0.2) is 0 Å². The van der Waals surface area contributed by atoms with Gasteiger partial charge >= 0.3 is 0 Å². The molecule has 0 saturated carbocycles. The molecular formula is C25H27N5O3S. The molecule has 2 aromatic heterocycles. The number of fused-ring (bicyclic) bond motifs is 1. The Morgan fingerprint density at radius 1 is 1.12 bits per heavy atom.